The van der Waals surface area contributed by atoms with Crippen molar-refractivity contribution in [1.29, 1.82) is 0 Å². The molecule has 4 nitrogen and oxygen atoms in total. The van der Waals surface area contributed by atoms with Gasteiger partial charge in [-0.1, -0.05) is 0 Å². The number of rotatable bonds is 0. The lowest BCUT2D eigenvalue weighted by Gasteiger charge is -2.13. The first kappa shape index (κ1) is 7.75. The summed E-state index contributed by atoms with van der Waals surface area (Å²) >= 11 is -0.0630. The molecule has 0 aromatic carbocycles. The topological polar surface area (TPSA) is 58.2 Å². The molecule has 0 saturated carbocycles. The fraction of sp³-hybridized carbons (Fsp3) is 0.167. The lowest BCUT2D eigenvalue weighted by molar-refractivity contribution is 0.0982. The van der Waals surface area contributed by atoms with Gasteiger partial charge in [-0.3, -0.25) is 14.2 Å². The number of anilines is 1. The summed E-state index contributed by atoms with van der Waals surface area (Å²) in [7, 11) is 0. The van der Waals surface area contributed by atoms with E-state index < -0.39 is 11.2 Å². The summed E-state index contributed by atoms with van der Waals surface area (Å²) in [6.07, 6.45) is 0. The van der Waals surface area contributed by atoms with Gasteiger partial charge in [0.15, 0.2) is 0 Å². The normalized spacial score (nSPS) is 21.1. The average molecular weight is 202 g/mol. The van der Waals surface area contributed by atoms with Crippen LogP contribution in [0.25, 0.3) is 0 Å². The highest BCUT2D eigenvalue weighted by molar-refractivity contribution is 7.85. The summed E-state index contributed by atoms with van der Waals surface area (Å²) < 4.78 is 15.9. The first-order valence-corrected chi connectivity index (χ1v) is 5.29. The minimum atomic E-state index is -1.46. The second-order valence-electron chi connectivity index (χ2n) is 2.42. The molecule has 1 atom stereocenters. The molecule has 1 aliphatic rings. The molecule has 64 valence electrons. The van der Waals surface area contributed by atoms with Gasteiger partial charge in [-0.15, -0.1) is 11.3 Å². The molecule has 2 heterocycles. The first-order chi connectivity index (χ1) is 5.68. The molecular weight excluding hydrogens is 196 g/mol. The van der Waals surface area contributed by atoms with E-state index in [4.69, 9.17) is 0 Å². The molecule has 2 rings (SSSR count). The van der Waals surface area contributed by atoms with Crippen LogP contribution < -0.4 is 9.44 Å². The van der Waals surface area contributed by atoms with Gasteiger partial charge in [0.1, 0.15) is 5.00 Å². The standard InChI is InChI=1S/C6H6N2O2S2/c1-3-2-11-6-4(3)5(9)7-12(10)8-6/h2,8H,1H3,(H,7,9)/t12-/m0/s1. The van der Waals surface area contributed by atoms with Gasteiger partial charge in [0.2, 0.25) is 11.2 Å². The minimum absolute atomic E-state index is 0.263. The van der Waals surface area contributed by atoms with E-state index in [0.717, 1.165) is 5.56 Å². The van der Waals surface area contributed by atoms with Gasteiger partial charge in [0.05, 0.1) is 5.56 Å². The number of carbonyl (C=O) groups is 1. The van der Waals surface area contributed by atoms with Crippen LogP contribution in [0, 0.1) is 6.92 Å². The van der Waals surface area contributed by atoms with Gasteiger partial charge in [-0.25, -0.2) is 4.21 Å². The molecule has 1 aliphatic heterocycles. The number of amides is 1. The van der Waals surface area contributed by atoms with Crippen LogP contribution in [0.3, 0.4) is 0 Å². The van der Waals surface area contributed by atoms with Crippen LogP contribution in [0.4, 0.5) is 5.00 Å². The molecule has 1 aromatic rings. The molecule has 0 saturated heterocycles. The van der Waals surface area contributed by atoms with Crippen LogP contribution in [0.15, 0.2) is 5.38 Å². The summed E-state index contributed by atoms with van der Waals surface area (Å²) in [6, 6.07) is 0. The van der Waals surface area contributed by atoms with Crippen LogP contribution in [0.2, 0.25) is 0 Å². The molecular formula is C6H6N2O2S2. The Morgan fingerprint density at radius 1 is 1.50 bits per heavy atom. The van der Waals surface area contributed by atoms with Crippen molar-refractivity contribution < 1.29 is 9.00 Å². The van der Waals surface area contributed by atoms with Crippen molar-refractivity contribution in [1.82, 2.24) is 4.72 Å². The number of hydrogen-bond acceptors (Lipinski definition) is 3. The van der Waals surface area contributed by atoms with Crippen molar-refractivity contribution in [3.63, 3.8) is 0 Å². The Morgan fingerprint density at radius 2 is 2.25 bits per heavy atom. The molecule has 1 amide bonds. The lowest BCUT2D eigenvalue weighted by atomic mass is 10.2. The maximum absolute atomic E-state index is 11.2. The highest BCUT2D eigenvalue weighted by Gasteiger charge is 2.24. The molecule has 2 N–H and O–H groups in total. The lowest BCUT2D eigenvalue weighted by Crippen LogP contribution is -2.34. The van der Waals surface area contributed by atoms with Crippen molar-refractivity contribution in [2.24, 2.45) is 0 Å². The number of fused-ring (bicyclic) bond motifs is 1. The Kier molecular flexibility index (Phi) is 1.66. The summed E-state index contributed by atoms with van der Waals surface area (Å²) in [5, 5.41) is 2.55. The van der Waals surface area contributed by atoms with Crippen LogP contribution in [-0.2, 0) is 11.2 Å². The van der Waals surface area contributed by atoms with Crippen molar-refractivity contribution in [3.05, 3.63) is 16.5 Å². The Morgan fingerprint density at radius 3 is 3.00 bits per heavy atom. The van der Waals surface area contributed by atoms with E-state index in [2.05, 4.69) is 9.44 Å². The minimum Gasteiger partial charge on any atom is -0.278 e. The van der Waals surface area contributed by atoms with Crippen LogP contribution in [-0.4, -0.2) is 10.1 Å². The van der Waals surface area contributed by atoms with Gasteiger partial charge in [-0.05, 0) is 17.9 Å². The van der Waals surface area contributed by atoms with Crippen molar-refractivity contribution in [2.45, 2.75) is 6.92 Å². The first-order valence-electron chi connectivity index (χ1n) is 3.26. The Balaban J connectivity index is 2.57. The zero-order valence-corrected chi connectivity index (χ0v) is 7.84. The summed E-state index contributed by atoms with van der Waals surface area (Å²) in [5.74, 6) is -0.263. The smallest absolute Gasteiger partial charge is 0.267 e. The van der Waals surface area contributed by atoms with E-state index in [1.54, 1.807) is 0 Å². The molecule has 6 heteroatoms. The number of hydrogen-bond donors (Lipinski definition) is 2. The van der Waals surface area contributed by atoms with E-state index in [1.807, 2.05) is 12.3 Å². The van der Waals surface area contributed by atoms with Crippen molar-refractivity contribution in [3.8, 4) is 0 Å². The third kappa shape index (κ3) is 1.03. The molecule has 1 aromatic heterocycles. The predicted octanol–water partition coefficient (Wildman–Crippen LogP) is 0.791. The van der Waals surface area contributed by atoms with Gasteiger partial charge >= 0.3 is 0 Å². The number of carbonyl (C=O) groups excluding carboxylic acids is 1. The number of nitrogens with one attached hydrogen (secondary N) is 2. The Hall–Kier alpha value is -0.880. The molecule has 0 aliphatic carbocycles. The Labute approximate surface area is 75.7 Å². The third-order valence-electron chi connectivity index (χ3n) is 1.57. The van der Waals surface area contributed by atoms with Gasteiger partial charge in [-0.2, -0.15) is 0 Å². The van der Waals surface area contributed by atoms with Gasteiger partial charge < -0.3 is 0 Å². The van der Waals surface area contributed by atoms with Crippen molar-refractivity contribution >= 4 is 33.4 Å². The van der Waals surface area contributed by atoms with Gasteiger partial charge in [0, 0.05) is 0 Å². The average Bonchev–Trinajstić information content (AvgIpc) is 2.31. The van der Waals surface area contributed by atoms with E-state index in [9.17, 15) is 9.00 Å². The summed E-state index contributed by atoms with van der Waals surface area (Å²) in [4.78, 5) is 11.2. The second-order valence-corrected chi connectivity index (χ2v) is 4.25. The zero-order chi connectivity index (χ0) is 8.72. The highest BCUT2D eigenvalue weighted by Crippen LogP contribution is 2.29. The number of aryl methyl sites for hydroxylation is 1. The Bertz CT molecular complexity index is 372. The fourth-order valence-corrected chi connectivity index (χ4v) is 2.84. The van der Waals surface area contributed by atoms with E-state index >= 15 is 0 Å². The van der Waals surface area contributed by atoms with Crippen LogP contribution in [0.1, 0.15) is 15.9 Å². The quantitative estimate of drug-likeness (QED) is 0.653. The molecule has 0 spiro atoms. The predicted molar refractivity (Wildman–Crippen MR) is 48.3 cm³/mol. The summed E-state index contributed by atoms with van der Waals surface area (Å²) in [6.45, 7) is 1.85. The molecule has 12 heavy (non-hydrogen) atoms. The van der Waals surface area contributed by atoms with E-state index in [1.165, 1.54) is 11.3 Å². The SMILES string of the molecule is Cc1csc2c1C(=O)N[S@](=O)N2. The van der Waals surface area contributed by atoms with E-state index in [-0.39, 0.29) is 5.91 Å². The zero-order valence-electron chi connectivity index (χ0n) is 6.21. The van der Waals surface area contributed by atoms with Gasteiger partial charge in [0.25, 0.3) is 5.91 Å². The maximum atomic E-state index is 11.2. The largest absolute Gasteiger partial charge is 0.278 e. The fourth-order valence-electron chi connectivity index (χ4n) is 1.05. The van der Waals surface area contributed by atoms with Crippen LogP contribution >= 0.6 is 11.3 Å². The van der Waals surface area contributed by atoms with Crippen LogP contribution in [0.5, 0.6) is 0 Å². The molecule has 0 unspecified atom stereocenters. The molecule has 0 bridgehead atoms. The number of thiophene rings is 1. The third-order valence-corrected chi connectivity index (χ3v) is 3.48. The summed E-state index contributed by atoms with van der Waals surface area (Å²) in [5.41, 5.74) is 1.52. The molecule has 0 radical (unpaired) electrons. The monoisotopic (exact) mass is 202 g/mol. The van der Waals surface area contributed by atoms with E-state index in [0.29, 0.717) is 10.6 Å². The highest BCUT2D eigenvalue weighted by atomic mass is 32.2. The maximum Gasteiger partial charge on any atom is 0.267 e. The second kappa shape index (κ2) is 2.56. The molecule has 0 fully saturated rings. The van der Waals surface area contributed by atoms with Crippen molar-refractivity contribution in [2.75, 3.05) is 4.72 Å².